The van der Waals surface area contributed by atoms with Gasteiger partial charge in [0, 0.05) is 27.6 Å². The maximum absolute atomic E-state index is 7.26. The molecule has 0 bridgehead atoms. The monoisotopic (exact) mass is 684 g/mol. The molecule has 0 saturated heterocycles. The number of benzene rings is 8. The highest BCUT2D eigenvalue weighted by molar-refractivity contribution is 7.80. The van der Waals surface area contributed by atoms with E-state index in [0.717, 1.165) is 45.3 Å². The molecule has 246 valence electrons. The average molecular weight is 685 g/mol. The molecule has 0 atom stereocenters. The highest BCUT2D eigenvalue weighted by atomic mass is 31.1. The van der Waals surface area contributed by atoms with Crippen molar-refractivity contribution in [2.24, 2.45) is 0 Å². The van der Waals surface area contributed by atoms with Crippen LogP contribution in [0.25, 0.3) is 22.3 Å². The van der Waals surface area contributed by atoms with Crippen molar-refractivity contribution >= 4 is 23.8 Å². The first-order chi connectivity index (χ1) is 25.8. The van der Waals surface area contributed by atoms with Crippen LogP contribution in [0.1, 0.15) is 22.3 Å². The van der Waals surface area contributed by atoms with Crippen molar-refractivity contribution in [2.75, 3.05) is 0 Å². The predicted molar refractivity (Wildman–Crippen MR) is 214 cm³/mol. The zero-order valence-corrected chi connectivity index (χ0v) is 29.2. The molecule has 3 heteroatoms. The molecular formula is C49H33O2P. The van der Waals surface area contributed by atoms with E-state index in [1.54, 1.807) is 0 Å². The van der Waals surface area contributed by atoms with E-state index in [4.69, 9.17) is 9.47 Å². The molecule has 0 radical (unpaired) electrons. The third-order valence-corrected chi connectivity index (χ3v) is 13.0. The Morgan fingerprint density at radius 1 is 0.308 bits per heavy atom. The standard InChI is InChI=1S/C49H33O2P/c1-3-18-34(19-4-1)36-22-7-15-31-45(36)52(46-32-16-8-23-37(46)35-20-5-2-6-21-35)47-33-17-27-41-48(47)51-44-30-14-11-26-40(44)49(41)38-24-9-12-28-42(38)50-43-29-13-10-25-39(43)49/h1-33H. The Hall–Kier alpha value is -6.21. The largest absolute Gasteiger partial charge is 0.457 e. The van der Waals surface area contributed by atoms with Gasteiger partial charge in [-0.05, 0) is 59.0 Å². The van der Waals surface area contributed by atoms with Gasteiger partial charge in [0.05, 0.1) is 5.41 Å². The first-order valence-corrected chi connectivity index (χ1v) is 19.0. The summed E-state index contributed by atoms with van der Waals surface area (Å²) in [6.07, 6.45) is 0. The maximum Gasteiger partial charge on any atom is 0.140 e. The summed E-state index contributed by atoms with van der Waals surface area (Å²) >= 11 is 0. The van der Waals surface area contributed by atoms with Crippen LogP contribution in [0.15, 0.2) is 200 Å². The van der Waals surface area contributed by atoms with Crippen LogP contribution in [0, 0.1) is 0 Å². The molecule has 8 aromatic carbocycles. The Kier molecular flexibility index (Phi) is 7.37. The van der Waals surface area contributed by atoms with Gasteiger partial charge in [-0.1, -0.05) is 182 Å². The maximum atomic E-state index is 7.26. The van der Waals surface area contributed by atoms with Crippen molar-refractivity contribution < 1.29 is 9.47 Å². The summed E-state index contributed by atoms with van der Waals surface area (Å²) in [5.41, 5.74) is 8.64. The number of para-hydroxylation sites is 4. The number of hydrogen-bond acceptors (Lipinski definition) is 2. The van der Waals surface area contributed by atoms with Crippen molar-refractivity contribution in [3.63, 3.8) is 0 Å². The van der Waals surface area contributed by atoms with Crippen LogP contribution in [0.3, 0.4) is 0 Å². The van der Waals surface area contributed by atoms with Gasteiger partial charge in [-0.3, -0.25) is 0 Å². The lowest BCUT2D eigenvalue weighted by atomic mass is 9.62. The summed E-state index contributed by atoms with van der Waals surface area (Å²) in [4.78, 5) is 0. The highest BCUT2D eigenvalue weighted by Gasteiger charge is 2.51. The topological polar surface area (TPSA) is 18.5 Å². The molecule has 0 fully saturated rings. The van der Waals surface area contributed by atoms with Crippen molar-refractivity contribution in [2.45, 2.75) is 5.41 Å². The summed E-state index contributed by atoms with van der Waals surface area (Å²) in [6.45, 7) is 0. The molecule has 2 heterocycles. The average Bonchev–Trinajstić information content (AvgIpc) is 3.22. The van der Waals surface area contributed by atoms with Crippen LogP contribution < -0.4 is 25.4 Å². The van der Waals surface area contributed by atoms with E-state index in [1.807, 2.05) is 0 Å². The van der Waals surface area contributed by atoms with Gasteiger partial charge < -0.3 is 9.47 Å². The fraction of sp³-hybridized carbons (Fsp3) is 0.0204. The van der Waals surface area contributed by atoms with E-state index in [0.29, 0.717) is 0 Å². The molecule has 52 heavy (non-hydrogen) atoms. The van der Waals surface area contributed by atoms with Crippen molar-refractivity contribution in [1.82, 2.24) is 0 Å². The summed E-state index contributed by atoms with van der Waals surface area (Å²) < 4.78 is 13.9. The number of hydrogen-bond donors (Lipinski definition) is 0. The lowest BCUT2D eigenvalue weighted by Gasteiger charge is -2.45. The molecule has 8 aromatic rings. The van der Waals surface area contributed by atoms with Gasteiger partial charge in [-0.15, -0.1) is 0 Å². The van der Waals surface area contributed by atoms with E-state index < -0.39 is 13.3 Å². The normalized spacial score (nSPS) is 13.2. The van der Waals surface area contributed by atoms with Gasteiger partial charge >= 0.3 is 0 Å². The molecule has 2 aliphatic rings. The molecule has 0 aromatic heterocycles. The highest BCUT2D eigenvalue weighted by Crippen LogP contribution is 2.62. The van der Waals surface area contributed by atoms with Crippen LogP contribution in [-0.4, -0.2) is 0 Å². The zero-order valence-electron chi connectivity index (χ0n) is 28.3. The quantitative estimate of drug-likeness (QED) is 0.168. The molecule has 0 N–H and O–H groups in total. The SMILES string of the molecule is c1ccc(-c2ccccc2P(c2ccccc2-c2ccccc2)c2cccc3c2Oc2ccccc2C32c3ccccc3Oc3ccccc32)cc1. The second-order valence-electron chi connectivity index (χ2n) is 13.2. The first kappa shape index (κ1) is 30.6. The van der Waals surface area contributed by atoms with E-state index in [2.05, 4.69) is 200 Å². The second kappa shape index (κ2) is 12.5. The van der Waals surface area contributed by atoms with Gasteiger partial charge in [0.15, 0.2) is 0 Å². The minimum atomic E-state index is -1.17. The predicted octanol–water partition coefficient (Wildman–Crippen LogP) is 11.4. The first-order valence-electron chi connectivity index (χ1n) is 17.7. The molecule has 0 saturated carbocycles. The van der Waals surface area contributed by atoms with E-state index in [1.165, 1.54) is 38.2 Å². The van der Waals surface area contributed by atoms with Crippen molar-refractivity contribution in [3.05, 3.63) is 222 Å². The Labute approximate surface area is 305 Å². The second-order valence-corrected chi connectivity index (χ2v) is 15.3. The molecule has 0 unspecified atom stereocenters. The molecule has 2 nitrogen and oxygen atoms in total. The number of ether oxygens (including phenoxy) is 2. The van der Waals surface area contributed by atoms with Crippen LogP contribution in [-0.2, 0) is 5.41 Å². The van der Waals surface area contributed by atoms with Crippen molar-refractivity contribution in [3.8, 4) is 45.3 Å². The number of rotatable bonds is 5. The van der Waals surface area contributed by atoms with Gasteiger partial charge in [0.1, 0.15) is 23.0 Å². The fourth-order valence-electron chi connectivity index (χ4n) is 8.25. The summed E-state index contributed by atoms with van der Waals surface area (Å²) in [5.74, 6) is 3.49. The van der Waals surface area contributed by atoms with Gasteiger partial charge in [-0.2, -0.15) is 0 Å². The van der Waals surface area contributed by atoms with Gasteiger partial charge in [0.25, 0.3) is 0 Å². The minimum absolute atomic E-state index is 0.662. The van der Waals surface area contributed by atoms with Crippen LogP contribution in [0.2, 0.25) is 0 Å². The molecule has 0 amide bonds. The molecule has 10 rings (SSSR count). The Bertz CT molecular complexity index is 2450. The summed E-state index contributed by atoms with van der Waals surface area (Å²) in [6, 6.07) is 71.7. The zero-order chi connectivity index (χ0) is 34.5. The Morgan fingerprint density at radius 3 is 1.21 bits per heavy atom. The van der Waals surface area contributed by atoms with Crippen LogP contribution in [0.5, 0.6) is 23.0 Å². The smallest absolute Gasteiger partial charge is 0.140 e. The summed E-state index contributed by atoms with van der Waals surface area (Å²) in [7, 11) is -1.17. The lowest BCUT2D eigenvalue weighted by Crippen LogP contribution is -2.38. The van der Waals surface area contributed by atoms with Crippen molar-refractivity contribution in [1.29, 1.82) is 0 Å². The molecule has 1 spiro atoms. The number of fused-ring (bicyclic) bond motifs is 8. The third-order valence-electron chi connectivity index (χ3n) is 10.4. The molecule has 0 aliphatic carbocycles. The van der Waals surface area contributed by atoms with Crippen LogP contribution >= 0.6 is 7.92 Å². The molecule has 2 aliphatic heterocycles. The Morgan fingerprint density at radius 2 is 0.692 bits per heavy atom. The van der Waals surface area contributed by atoms with Gasteiger partial charge in [0.2, 0.25) is 0 Å². The molecular weight excluding hydrogens is 652 g/mol. The van der Waals surface area contributed by atoms with E-state index in [9.17, 15) is 0 Å². The minimum Gasteiger partial charge on any atom is -0.457 e. The summed E-state index contributed by atoms with van der Waals surface area (Å²) in [5, 5.41) is 3.74. The van der Waals surface area contributed by atoms with Gasteiger partial charge in [-0.25, -0.2) is 0 Å². The Balaban J connectivity index is 1.32. The van der Waals surface area contributed by atoms with Crippen LogP contribution in [0.4, 0.5) is 0 Å². The third kappa shape index (κ3) is 4.69. The lowest BCUT2D eigenvalue weighted by molar-refractivity contribution is 0.401. The fourth-order valence-corrected chi connectivity index (χ4v) is 11.0. The van der Waals surface area contributed by atoms with E-state index >= 15 is 0 Å². The van der Waals surface area contributed by atoms with E-state index in [-0.39, 0.29) is 0 Å².